The fourth-order valence-electron chi connectivity index (χ4n) is 4.27. The summed E-state index contributed by atoms with van der Waals surface area (Å²) in [4.78, 5) is 42.4. The third-order valence-corrected chi connectivity index (χ3v) is 7.72. The number of carbonyl (C=O) groups excluding carboxylic acids is 3. The molecule has 1 fully saturated rings. The van der Waals surface area contributed by atoms with E-state index in [1.165, 1.54) is 11.8 Å². The molecule has 2 aromatic rings. The number of nitrogens with zero attached hydrogens (tertiary/aromatic N) is 7. The second-order valence-corrected chi connectivity index (χ2v) is 9.75. The lowest BCUT2D eigenvalue weighted by molar-refractivity contribution is -0.697. The van der Waals surface area contributed by atoms with Gasteiger partial charge in [-0.25, -0.2) is 4.57 Å². The predicted molar refractivity (Wildman–Crippen MR) is 115 cm³/mol. The van der Waals surface area contributed by atoms with Gasteiger partial charge in [0.05, 0.1) is 18.2 Å². The molecule has 0 aromatic carbocycles. The molecule has 0 radical (unpaired) electrons. The average molecular weight is 506 g/mol. The van der Waals surface area contributed by atoms with Crippen molar-refractivity contribution < 1.29 is 29.3 Å². The number of amides is 2. The Bertz CT molecular complexity index is 1250. The van der Waals surface area contributed by atoms with Crippen molar-refractivity contribution in [2.45, 2.75) is 43.8 Å². The van der Waals surface area contributed by atoms with Gasteiger partial charge in [0.15, 0.2) is 5.13 Å². The number of carboxylic acids is 1. The number of anilines is 1. The van der Waals surface area contributed by atoms with E-state index < -0.39 is 34.9 Å². The number of oxime groups is 1. The average Bonchev–Trinajstić information content (AvgIpc) is 3.44. The highest BCUT2D eigenvalue weighted by molar-refractivity contribution is 8.00. The molecular weight excluding hydrogens is 486 g/mol. The normalized spacial score (nSPS) is 22.2. The molecule has 34 heavy (non-hydrogen) atoms. The van der Waals surface area contributed by atoms with E-state index in [4.69, 9.17) is 5.73 Å². The molecule has 0 bridgehead atoms. The number of hydrogen-bond acceptors (Lipinski definition) is 12. The van der Waals surface area contributed by atoms with Crippen LogP contribution in [0, 0.1) is 0 Å². The zero-order valence-corrected chi connectivity index (χ0v) is 19.2. The van der Waals surface area contributed by atoms with Crippen LogP contribution in [0.4, 0.5) is 5.13 Å². The molecule has 16 heteroatoms. The maximum atomic E-state index is 12.9. The van der Waals surface area contributed by atoms with Crippen molar-refractivity contribution in [2.75, 3.05) is 11.5 Å². The summed E-state index contributed by atoms with van der Waals surface area (Å²) in [7, 11) is 0. The van der Waals surface area contributed by atoms with Gasteiger partial charge in [-0.2, -0.15) is 9.36 Å². The van der Waals surface area contributed by atoms with Crippen LogP contribution in [0.1, 0.15) is 24.5 Å². The Kier molecular flexibility index (Phi) is 5.68. The van der Waals surface area contributed by atoms with Crippen LogP contribution in [0.5, 0.6) is 0 Å². The zero-order valence-electron chi connectivity index (χ0n) is 17.6. The Labute approximate surface area is 200 Å². The van der Waals surface area contributed by atoms with Crippen molar-refractivity contribution >= 4 is 51.9 Å². The third kappa shape index (κ3) is 3.67. The van der Waals surface area contributed by atoms with Gasteiger partial charge in [-0.3, -0.25) is 14.5 Å². The number of β-lactam (4-membered cyclic amide) rings is 1. The first-order valence-electron chi connectivity index (χ1n) is 10.3. The molecule has 3 aliphatic heterocycles. The van der Waals surface area contributed by atoms with Gasteiger partial charge in [0.2, 0.25) is 17.4 Å². The summed E-state index contributed by atoms with van der Waals surface area (Å²) in [5.41, 5.74) is 5.34. The number of carboxylic acid groups (broad SMARTS) is 1. The van der Waals surface area contributed by atoms with E-state index in [0.29, 0.717) is 11.3 Å². The molecule has 3 aliphatic rings. The number of nitrogens with two attached hydrogens (primary N) is 1. The molecule has 178 valence electrons. The number of fused-ring (bicyclic) bond motifs is 2. The van der Waals surface area contributed by atoms with Crippen LogP contribution in [0.2, 0.25) is 0 Å². The number of nitrogen functional groups attached to an aromatic ring is 1. The minimum atomic E-state index is -1.46. The molecule has 0 saturated carbocycles. The van der Waals surface area contributed by atoms with E-state index >= 15 is 0 Å². The number of aryl methyl sites for hydroxylation is 1. The molecule has 2 amide bonds. The van der Waals surface area contributed by atoms with Crippen molar-refractivity contribution in [1.82, 2.24) is 29.4 Å². The predicted octanol–water partition coefficient (Wildman–Crippen LogP) is -2.78. The van der Waals surface area contributed by atoms with Crippen LogP contribution in [-0.2, 0) is 33.9 Å². The van der Waals surface area contributed by atoms with Crippen molar-refractivity contribution in [3.8, 4) is 0 Å². The van der Waals surface area contributed by atoms with E-state index in [1.807, 2.05) is 9.25 Å². The summed E-state index contributed by atoms with van der Waals surface area (Å²) in [6.45, 7) is 1.09. The van der Waals surface area contributed by atoms with Crippen LogP contribution in [0.3, 0.4) is 0 Å². The highest BCUT2D eigenvalue weighted by Gasteiger charge is 2.53. The number of carbonyl (C=O) groups is 3. The number of hydrogen-bond donors (Lipinski definition) is 3. The first kappa shape index (κ1) is 22.3. The molecule has 4 N–H and O–H groups in total. The summed E-state index contributed by atoms with van der Waals surface area (Å²) >= 11 is 2.14. The first-order chi connectivity index (χ1) is 16.4. The van der Waals surface area contributed by atoms with Crippen LogP contribution in [0.25, 0.3) is 0 Å². The molecule has 1 saturated heterocycles. The van der Waals surface area contributed by atoms with Gasteiger partial charge >= 0.3 is 0 Å². The summed E-state index contributed by atoms with van der Waals surface area (Å²) in [5.74, 6) is -1.79. The second-order valence-electron chi connectivity index (χ2n) is 7.86. The van der Waals surface area contributed by atoms with Gasteiger partial charge in [-0.1, -0.05) is 5.16 Å². The van der Waals surface area contributed by atoms with Gasteiger partial charge in [-0.15, -0.1) is 16.4 Å². The van der Waals surface area contributed by atoms with Gasteiger partial charge in [-0.05, 0) is 18.4 Å². The monoisotopic (exact) mass is 505 g/mol. The van der Waals surface area contributed by atoms with E-state index in [-0.39, 0.29) is 23.2 Å². The minimum Gasteiger partial charge on any atom is -0.543 e. The quantitative estimate of drug-likeness (QED) is 0.121. The zero-order chi connectivity index (χ0) is 24.0. The Morgan fingerprint density at radius 1 is 1.41 bits per heavy atom. The second kappa shape index (κ2) is 8.68. The molecule has 0 unspecified atom stereocenters. The SMILES string of the molecule is Nc1nc(/C(=N/O)C(=O)N[C@@H]2C(=O)N3C(C(=O)[O-])=C(C[n+]4cnn5c4CCCC5)CS[C@H]23)ns1. The van der Waals surface area contributed by atoms with E-state index in [0.717, 1.165) is 48.1 Å². The van der Waals surface area contributed by atoms with Crippen molar-refractivity contribution in [1.29, 1.82) is 0 Å². The van der Waals surface area contributed by atoms with Gasteiger partial charge < -0.3 is 26.2 Å². The molecule has 5 heterocycles. The molecule has 5 rings (SSSR count). The number of thioether (sulfide) groups is 1. The molecule has 2 atom stereocenters. The summed E-state index contributed by atoms with van der Waals surface area (Å²) in [5, 5.41) is 30.4. The molecular formula is C18H19N9O5S2. The fourth-order valence-corrected chi connectivity index (χ4v) is 6.04. The summed E-state index contributed by atoms with van der Waals surface area (Å²) < 4.78 is 7.63. The number of rotatable bonds is 6. The van der Waals surface area contributed by atoms with Crippen molar-refractivity contribution in [3.05, 3.63) is 29.2 Å². The fraction of sp³-hybridized carbons (Fsp3) is 0.444. The number of aliphatic carboxylic acids is 1. The lowest BCUT2D eigenvalue weighted by atomic mass is 10.0. The topological polar surface area (TPSA) is 196 Å². The summed E-state index contributed by atoms with van der Waals surface area (Å²) in [6.07, 6.45) is 4.59. The minimum absolute atomic E-state index is 0.0755. The number of aromatic nitrogens is 5. The standard InChI is InChI=1S/C18H19N9O5S2/c19-18-22-13(24-34-18)10(23-32)14(28)21-11-15(29)27-12(17(30)31)8(6-33-16(11)27)5-25-7-20-26-4-2-1-3-9(25)26/h7,11,16H,1-6H2,(H4-,19,21,22,24,28,30,31,32)/t11-,16-/m1/s1. The Morgan fingerprint density at radius 2 is 2.24 bits per heavy atom. The Morgan fingerprint density at radius 3 is 2.94 bits per heavy atom. The van der Waals surface area contributed by atoms with Gasteiger partial charge in [0.25, 0.3) is 18.1 Å². The highest BCUT2D eigenvalue weighted by atomic mass is 32.2. The van der Waals surface area contributed by atoms with Crippen molar-refractivity contribution in [3.63, 3.8) is 0 Å². The smallest absolute Gasteiger partial charge is 0.278 e. The van der Waals surface area contributed by atoms with Crippen LogP contribution in [-0.4, -0.2) is 69.9 Å². The van der Waals surface area contributed by atoms with Gasteiger partial charge in [0.1, 0.15) is 18.0 Å². The van der Waals surface area contributed by atoms with Crippen molar-refractivity contribution in [2.24, 2.45) is 5.16 Å². The van der Waals surface area contributed by atoms with E-state index in [1.54, 1.807) is 6.33 Å². The summed E-state index contributed by atoms with van der Waals surface area (Å²) in [6, 6.07) is -1.02. The van der Waals surface area contributed by atoms with Gasteiger partial charge in [0, 0.05) is 28.8 Å². The number of nitrogens with one attached hydrogen (secondary N) is 1. The molecule has 0 aliphatic carbocycles. The third-order valence-electron chi connectivity index (χ3n) is 5.84. The Balaban J connectivity index is 1.35. The van der Waals surface area contributed by atoms with Crippen LogP contribution >= 0.6 is 23.3 Å². The van der Waals surface area contributed by atoms with Crippen LogP contribution < -0.4 is 20.7 Å². The molecule has 2 aromatic heterocycles. The Hall–Kier alpha value is -3.53. The molecule has 14 nitrogen and oxygen atoms in total. The van der Waals surface area contributed by atoms with E-state index in [2.05, 4.69) is 24.9 Å². The maximum absolute atomic E-state index is 12.9. The lowest BCUT2D eigenvalue weighted by Crippen LogP contribution is -2.71. The first-order valence-corrected chi connectivity index (χ1v) is 12.2. The highest BCUT2D eigenvalue weighted by Crippen LogP contribution is 2.40. The van der Waals surface area contributed by atoms with E-state index in [9.17, 15) is 24.7 Å². The lowest BCUT2D eigenvalue weighted by Gasteiger charge is -2.50. The van der Waals surface area contributed by atoms with Crippen LogP contribution in [0.15, 0.2) is 22.8 Å². The maximum Gasteiger partial charge on any atom is 0.278 e. The largest absolute Gasteiger partial charge is 0.543 e. The molecule has 0 spiro atoms.